The van der Waals surface area contributed by atoms with Gasteiger partial charge in [-0.25, -0.2) is 9.98 Å². The third-order valence-electron chi connectivity index (χ3n) is 6.06. The van der Waals surface area contributed by atoms with E-state index in [-0.39, 0.29) is 24.0 Å². The summed E-state index contributed by atoms with van der Waals surface area (Å²) in [5.41, 5.74) is 2.11. The van der Waals surface area contributed by atoms with Crippen LogP contribution < -0.4 is 10.6 Å². The molecular weight excluding hydrogens is 479 g/mol. The average molecular weight is 510 g/mol. The molecule has 0 aliphatic heterocycles. The van der Waals surface area contributed by atoms with Crippen molar-refractivity contribution >= 4 is 29.9 Å². The summed E-state index contributed by atoms with van der Waals surface area (Å²) in [5.74, 6) is 1.48. The van der Waals surface area contributed by atoms with Crippen molar-refractivity contribution in [1.82, 2.24) is 15.6 Å². The number of nitrogens with zero attached hydrogens (tertiary/aromatic N) is 2. The molecule has 2 fully saturated rings. The number of oxazole rings is 1. The van der Waals surface area contributed by atoms with Gasteiger partial charge in [0.2, 0.25) is 5.89 Å². The molecule has 1 spiro atoms. The van der Waals surface area contributed by atoms with E-state index in [4.69, 9.17) is 14.1 Å². The Hall–Kier alpha value is -1.61. The molecule has 6 nitrogen and oxygen atoms in total. The highest BCUT2D eigenvalue weighted by molar-refractivity contribution is 14.0. The van der Waals surface area contributed by atoms with Crippen LogP contribution in [-0.4, -0.2) is 36.2 Å². The first-order valence-electron chi connectivity index (χ1n) is 10.4. The van der Waals surface area contributed by atoms with Gasteiger partial charge in [-0.05, 0) is 45.2 Å². The van der Waals surface area contributed by atoms with Gasteiger partial charge in [0.05, 0.1) is 12.6 Å². The van der Waals surface area contributed by atoms with E-state index in [0.29, 0.717) is 30.0 Å². The van der Waals surface area contributed by atoms with Gasteiger partial charge in [0.1, 0.15) is 12.0 Å². The zero-order chi connectivity index (χ0) is 19.4. The molecule has 2 aromatic rings. The number of rotatable bonds is 7. The maximum Gasteiger partial charge on any atom is 0.226 e. The zero-order valence-corrected chi connectivity index (χ0v) is 19.5. The molecule has 7 heteroatoms. The number of guanidine groups is 1. The Morgan fingerprint density at radius 3 is 2.72 bits per heavy atom. The van der Waals surface area contributed by atoms with Crippen LogP contribution in [0.15, 0.2) is 46.0 Å². The van der Waals surface area contributed by atoms with Crippen LogP contribution in [0.25, 0.3) is 11.5 Å². The minimum absolute atomic E-state index is 0. The molecule has 2 saturated carbocycles. The molecule has 1 aromatic carbocycles. The standard InChI is InChI=1S/C22H30N4O2.HI/c1-3-23-21(26-18-13-19(27-4-2)22(18)11-8-12-22)24-14-17-15-28-20(25-17)16-9-6-5-7-10-16;/h5-7,9-10,15,18-19H,3-4,8,11-14H2,1-2H3,(H2,23,24,26);1H. The maximum absolute atomic E-state index is 5.96. The monoisotopic (exact) mass is 510 g/mol. The highest BCUT2D eigenvalue weighted by atomic mass is 127. The van der Waals surface area contributed by atoms with Gasteiger partial charge in [0.15, 0.2) is 5.96 Å². The Balaban J connectivity index is 0.00000240. The van der Waals surface area contributed by atoms with Gasteiger partial charge in [-0.3, -0.25) is 0 Å². The summed E-state index contributed by atoms with van der Waals surface area (Å²) in [6.45, 7) is 6.28. The number of hydrogen-bond donors (Lipinski definition) is 2. The lowest BCUT2D eigenvalue weighted by molar-refractivity contribution is -0.168. The van der Waals surface area contributed by atoms with Gasteiger partial charge in [-0.1, -0.05) is 24.6 Å². The van der Waals surface area contributed by atoms with Crippen molar-refractivity contribution in [3.8, 4) is 11.5 Å². The molecule has 0 bridgehead atoms. The third kappa shape index (κ3) is 4.60. The van der Waals surface area contributed by atoms with E-state index in [1.54, 1.807) is 6.26 Å². The van der Waals surface area contributed by atoms with Crippen LogP contribution in [0.5, 0.6) is 0 Å². The molecule has 29 heavy (non-hydrogen) atoms. The summed E-state index contributed by atoms with van der Waals surface area (Å²) < 4.78 is 11.6. The van der Waals surface area contributed by atoms with Crippen LogP contribution in [0.1, 0.15) is 45.2 Å². The summed E-state index contributed by atoms with van der Waals surface area (Å²) in [6, 6.07) is 10.4. The zero-order valence-electron chi connectivity index (χ0n) is 17.2. The van der Waals surface area contributed by atoms with E-state index >= 15 is 0 Å². The fourth-order valence-electron chi connectivity index (χ4n) is 4.38. The lowest BCUT2D eigenvalue weighted by Crippen LogP contribution is -2.68. The Morgan fingerprint density at radius 2 is 2.07 bits per heavy atom. The summed E-state index contributed by atoms with van der Waals surface area (Å²) in [6.07, 6.45) is 6.95. The van der Waals surface area contributed by atoms with Gasteiger partial charge in [-0.15, -0.1) is 24.0 Å². The van der Waals surface area contributed by atoms with E-state index in [1.165, 1.54) is 19.3 Å². The van der Waals surface area contributed by atoms with Crippen LogP contribution in [-0.2, 0) is 11.3 Å². The summed E-state index contributed by atoms with van der Waals surface area (Å²) in [4.78, 5) is 9.31. The first-order valence-corrected chi connectivity index (χ1v) is 10.4. The van der Waals surface area contributed by atoms with Crippen LogP contribution in [0.4, 0.5) is 0 Å². The van der Waals surface area contributed by atoms with Gasteiger partial charge in [0, 0.05) is 30.2 Å². The van der Waals surface area contributed by atoms with Crippen molar-refractivity contribution in [2.24, 2.45) is 10.4 Å². The molecule has 2 aliphatic rings. The molecular formula is C22H31IN4O2. The Bertz CT molecular complexity index is 804. The molecule has 158 valence electrons. The quantitative estimate of drug-likeness (QED) is 0.329. The van der Waals surface area contributed by atoms with Gasteiger partial charge >= 0.3 is 0 Å². The first-order chi connectivity index (χ1) is 13.7. The van der Waals surface area contributed by atoms with E-state index in [1.807, 2.05) is 30.3 Å². The van der Waals surface area contributed by atoms with Crippen molar-refractivity contribution in [3.63, 3.8) is 0 Å². The van der Waals surface area contributed by atoms with Crippen LogP contribution in [0.3, 0.4) is 0 Å². The second-order valence-corrected chi connectivity index (χ2v) is 7.67. The Kier molecular flexibility index (Phi) is 7.56. The molecule has 0 radical (unpaired) electrons. The van der Waals surface area contributed by atoms with Crippen molar-refractivity contribution < 1.29 is 9.15 Å². The third-order valence-corrected chi connectivity index (χ3v) is 6.06. The lowest BCUT2D eigenvalue weighted by Gasteiger charge is -2.61. The van der Waals surface area contributed by atoms with E-state index < -0.39 is 0 Å². The largest absolute Gasteiger partial charge is 0.444 e. The van der Waals surface area contributed by atoms with Crippen LogP contribution in [0, 0.1) is 5.41 Å². The topological polar surface area (TPSA) is 71.7 Å². The van der Waals surface area contributed by atoms with Crippen LogP contribution >= 0.6 is 24.0 Å². The number of benzene rings is 1. The van der Waals surface area contributed by atoms with Crippen molar-refractivity contribution in [3.05, 3.63) is 42.3 Å². The van der Waals surface area contributed by atoms with E-state index in [0.717, 1.165) is 36.8 Å². The normalized spacial score (nSPS) is 22.3. The van der Waals surface area contributed by atoms with Crippen LogP contribution in [0.2, 0.25) is 0 Å². The minimum atomic E-state index is 0. The number of aromatic nitrogens is 1. The molecule has 4 rings (SSSR count). The summed E-state index contributed by atoms with van der Waals surface area (Å²) in [5, 5.41) is 7.01. The highest BCUT2D eigenvalue weighted by Crippen LogP contribution is 2.57. The minimum Gasteiger partial charge on any atom is -0.444 e. The fourth-order valence-corrected chi connectivity index (χ4v) is 4.38. The summed E-state index contributed by atoms with van der Waals surface area (Å²) >= 11 is 0. The molecule has 1 aromatic heterocycles. The number of ether oxygens (including phenoxy) is 1. The number of nitrogens with one attached hydrogen (secondary N) is 2. The highest BCUT2D eigenvalue weighted by Gasteiger charge is 2.59. The molecule has 1 heterocycles. The maximum atomic E-state index is 5.96. The fraction of sp³-hybridized carbons (Fsp3) is 0.545. The molecule has 2 N–H and O–H groups in total. The predicted molar refractivity (Wildman–Crippen MR) is 125 cm³/mol. The number of aliphatic imine (C=N–C) groups is 1. The van der Waals surface area contributed by atoms with Crippen molar-refractivity contribution in [1.29, 1.82) is 0 Å². The molecule has 2 aliphatic carbocycles. The van der Waals surface area contributed by atoms with Gasteiger partial charge < -0.3 is 19.8 Å². The smallest absolute Gasteiger partial charge is 0.226 e. The molecule has 2 unspecified atom stereocenters. The van der Waals surface area contributed by atoms with Crippen molar-refractivity contribution in [2.45, 2.75) is 58.2 Å². The lowest BCUT2D eigenvalue weighted by atomic mass is 9.51. The van der Waals surface area contributed by atoms with E-state index in [9.17, 15) is 0 Å². The number of halogens is 1. The molecule has 2 atom stereocenters. The first kappa shape index (κ1) is 22.1. The predicted octanol–water partition coefficient (Wildman–Crippen LogP) is 4.36. The SMILES string of the molecule is CCNC(=NCc1coc(-c2ccccc2)n1)NC1CC(OCC)C12CCC2.I. The van der Waals surface area contributed by atoms with Gasteiger partial charge in [-0.2, -0.15) is 0 Å². The average Bonchev–Trinajstić information content (AvgIpc) is 3.13. The Morgan fingerprint density at radius 1 is 1.28 bits per heavy atom. The van der Waals surface area contributed by atoms with Crippen molar-refractivity contribution in [2.75, 3.05) is 13.2 Å². The molecule has 0 saturated heterocycles. The second-order valence-electron chi connectivity index (χ2n) is 7.67. The summed E-state index contributed by atoms with van der Waals surface area (Å²) in [7, 11) is 0. The van der Waals surface area contributed by atoms with Gasteiger partial charge in [0.25, 0.3) is 0 Å². The Labute approximate surface area is 189 Å². The second kappa shape index (κ2) is 9.93. The molecule has 0 amide bonds. The van der Waals surface area contributed by atoms with E-state index in [2.05, 4.69) is 29.5 Å². The number of hydrogen-bond acceptors (Lipinski definition) is 4.